The standard InChI is InChI=1S/C21H17NS2/c1-2-7-15-14(6-1)11-12-16-20(15)22-17-8-3-4-9-18(17)24-21(16)19-10-5-13-23-19/h1-10,13,16,21H,11-12H2. The average molecular weight is 348 g/mol. The Morgan fingerprint density at radius 2 is 1.79 bits per heavy atom. The molecule has 0 fully saturated rings. The molecule has 0 bridgehead atoms. The highest BCUT2D eigenvalue weighted by Crippen LogP contribution is 2.51. The third-order valence-corrected chi connectivity index (χ3v) is 7.46. The fraction of sp³-hybridized carbons (Fsp3) is 0.190. The summed E-state index contributed by atoms with van der Waals surface area (Å²) in [5, 5.41) is 2.65. The summed E-state index contributed by atoms with van der Waals surface area (Å²) in [5.74, 6) is 0.482. The van der Waals surface area contributed by atoms with Crippen LogP contribution in [0.15, 0.2) is 75.9 Å². The fourth-order valence-electron chi connectivity index (χ4n) is 3.78. The van der Waals surface area contributed by atoms with Crippen LogP contribution in [0.3, 0.4) is 0 Å². The van der Waals surface area contributed by atoms with Crippen LogP contribution in [0.1, 0.15) is 27.7 Å². The van der Waals surface area contributed by atoms with Gasteiger partial charge in [0.2, 0.25) is 0 Å². The minimum atomic E-state index is 0.459. The van der Waals surface area contributed by atoms with Crippen LogP contribution in [-0.2, 0) is 6.42 Å². The number of rotatable bonds is 1. The first-order chi connectivity index (χ1) is 11.9. The molecule has 3 aromatic rings. The molecule has 0 amide bonds. The predicted octanol–water partition coefficient (Wildman–Crippen LogP) is 6.28. The van der Waals surface area contributed by atoms with E-state index in [0.717, 1.165) is 12.1 Å². The maximum absolute atomic E-state index is 5.16. The molecule has 3 heteroatoms. The lowest BCUT2D eigenvalue weighted by Gasteiger charge is -2.30. The molecule has 0 saturated carbocycles. The summed E-state index contributed by atoms with van der Waals surface area (Å²) in [6.07, 6.45) is 2.33. The van der Waals surface area contributed by atoms with E-state index < -0.39 is 0 Å². The van der Waals surface area contributed by atoms with E-state index in [0.29, 0.717) is 11.2 Å². The Bertz CT molecular complexity index is 911. The Morgan fingerprint density at radius 3 is 2.71 bits per heavy atom. The Balaban J connectivity index is 1.73. The highest BCUT2D eigenvalue weighted by molar-refractivity contribution is 7.99. The van der Waals surface area contributed by atoms with Crippen molar-refractivity contribution in [3.63, 3.8) is 0 Å². The van der Waals surface area contributed by atoms with Crippen molar-refractivity contribution in [2.75, 3.05) is 0 Å². The van der Waals surface area contributed by atoms with Crippen molar-refractivity contribution in [1.82, 2.24) is 0 Å². The van der Waals surface area contributed by atoms with Gasteiger partial charge in [0.15, 0.2) is 0 Å². The molecule has 0 saturated heterocycles. The van der Waals surface area contributed by atoms with Crippen molar-refractivity contribution in [3.05, 3.63) is 82.0 Å². The zero-order chi connectivity index (χ0) is 15.9. The largest absolute Gasteiger partial charge is 0.251 e. The highest BCUT2D eigenvalue weighted by Gasteiger charge is 2.36. The molecule has 1 aliphatic heterocycles. The number of hydrogen-bond acceptors (Lipinski definition) is 3. The van der Waals surface area contributed by atoms with Gasteiger partial charge in [0.05, 0.1) is 16.6 Å². The second-order valence-corrected chi connectivity index (χ2v) is 8.48. The number of fused-ring (bicyclic) bond motifs is 4. The molecule has 0 spiro atoms. The zero-order valence-corrected chi connectivity index (χ0v) is 14.8. The van der Waals surface area contributed by atoms with E-state index in [1.807, 2.05) is 23.1 Å². The number of aliphatic imine (C=N–C) groups is 1. The normalized spacial score (nSPS) is 21.9. The van der Waals surface area contributed by atoms with Crippen LogP contribution in [0.2, 0.25) is 0 Å². The first kappa shape index (κ1) is 14.5. The summed E-state index contributed by atoms with van der Waals surface area (Å²) in [6, 6.07) is 21.9. The molecule has 24 heavy (non-hydrogen) atoms. The van der Waals surface area contributed by atoms with Gasteiger partial charge in [-0.3, -0.25) is 4.99 Å². The van der Waals surface area contributed by atoms with Gasteiger partial charge in [-0.05, 0) is 47.5 Å². The Labute approximate surface area is 150 Å². The van der Waals surface area contributed by atoms with Crippen LogP contribution >= 0.6 is 23.1 Å². The summed E-state index contributed by atoms with van der Waals surface area (Å²) in [6.45, 7) is 0. The maximum Gasteiger partial charge on any atom is 0.0769 e. The molecular weight excluding hydrogens is 330 g/mol. The van der Waals surface area contributed by atoms with Crippen LogP contribution in [0.4, 0.5) is 5.69 Å². The molecule has 1 aromatic heterocycles. The highest BCUT2D eigenvalue weighted by atomic mass is 32.2. The lowest BCUT2D eigenvalue weighted by molar-refractivity contribution is 0.602. The van der Waals surface area contributed by atoms with Crippen molar-refractivity contribution < 1.29 is 0 Å². The first-order valence-corrected chi connectivity index (χ1v) is 10.1. The minimum Gasteiger partial charge on any atom is -0.251 e. The van der Waals surface area contributed by atoms with Gasteiger partial charge >= 0.3 is 0 Å². The number of aryl methyl sites for hydroxylation is 1. The third kappa shape index (κ3) is 2.35. The SMILES string of the molecule is c1csc(C2Sc3ccccc3N=C3c4ccccc4CCC32)c1. The van der Waals surface area contributed by atoms with Gasteiger partial charge in [-0.1, -0.05) is 42.5 Å². The topological polar surface area (TPSA) is 12.4 Å². The fourth-order valence-corrected chi connectivity index (χ4v) is 6.15. The average Bonchev–Trinajstić information content (AvgIpc) is 3.10. The Morgan fingerprint density at radius 1 is 0.917 bits per heavy atom. The summed E-state index contributed by atoms with van der Waals surface area (Å²) >= 11 is 3.87. The van der Waals surface area contributed by atoms with Crippen LogP contribution in [0.25, 0.3) is 0 Å². The molecule has 2 heterocycles. The summed E-state index contributed by atoms with van der Waals surface area (Å²) < 4.78 is 0. The van der Waals surface area contributed by atoms with Crippen LogP contribution in [-0.4, -0.2) is 5.71 Å². The third-order valence-electron chi connectivity index (χ3n) is 4.92. The number of para-hydroxylation sites is 1. The molecule has 5 rings (SSSR count). The lowest BCUT2D eigenvalue weighted by Crippen LogP contribution is -2.26. The van der Waals surface area contributed by atoms with Crippen molar-refractivity contribution >= 4 is 34.5 Å². The summed E-state index contributed by atoms with van der Waals surface area (Å²) in [4.78, 5) is 7.93. The van der Waals surface area contributed by atoms with Crippen molar-refractivity contribution in [3.8, 4) is 0 Å². The van der Waals surface area contributed by atoms with Gasteiger partial charge in [0.25, 0.3) is 0 Å². The lowest BCUT2D eigenvalue weighted by atomic mass is 9.80. The second kappa shape index (κ2) is 5.91. The number of thiophene rings is 1. The van der Waals surface area contributed by atoms with E-state index in [1.54, 1.807) is 0 Å². The minimum absolute atomic E-state index is 0.459. The van der Waals surface area contributed by atoms with Crippen LogP contribution in [0, 0.1) is 5.92 Å². The van der Waals surface area contributed by atoms with Gasteiger partial charge < -0.3 is 0 Å². The molecule has 0 N–H and O–H groups in total. The molecule has 2 aliphatic rings. The number of benzene rings is 2. The zero-order valence-electron chi connectivity index (χ0n) is 13.2. The second-order valence-electron chi connectivity index (χ2n) is 6.32. The van der Waals surface area contributed by atoms with E-state index in [-0.39, 0.29) is 0 Å². The van der Waals surface area contributed by atoms with Crippen LogP contribution in [0.5, 0.6) is 0 Å². The molecule has 2 aromatic carbocycles. The van der Waals surface area contributed by atoms with Gasteiger partial charge in [-0.2, -0.15) is 0 Å². The predicted molar refractivity (Wildman–Crippen MR) is 104 cm³/mol. The molecule has 0 radical (unpaired) electrons. The van der Waals surface area contributed by atoms with Crippen molar-refractivity contribution in [2.45, 2.75) is 23.0 Å². The van der Waals surface area contributed by atoms with E-state index >= 15 is 0 Å². The molecular formula is C21H17NS2. The first-order valence-electron chi connectivity index (χ1n) is 8.36. The van der Waals surface area contributed by atoms with E-state index in [9.17, 15) is 0 Å². The van der Waals surface area contributed by atoms with Crippen molar-refractivity contribution in [2.24, 2.45) is 10.9 Å². The summed E-state index contributed by atoms with van der Waals surface area (Å²) in [5.41, 5.74) is 5.21. The van der Waals surface area contributed by atoms with Crippen molar-refractivity contribution in [1.29, 1.82) is 0 Å². The number of hydrogen-bond donors (Lipinski definition) is 0. The van der Waals surface area contributed by atoms with Gasteiger partial charge in [0.1, 0.15) is 0 Å². The molecule has 1 nitrogen and oxygen atoms in total. The smallest absolute Gasteiger partial charge is 0.0769 e. The maximum atomic E-state index is 5.16. The van der Waals surface area contributed by atoms with E-state index in [4.69, 9.17) is 4.99 Å². The van der Waals surface area contributed by atoms with E-state index in [2.05, 4.69) is 66.0 Å². The molecule has 1 aliphatic carbocycles. The van der Waals surface area contributed by atoms with Gasteiger partial charge in [0, 0.05) is 15.7 Å². The number of thioether (sulfide) groups is 1. The van der Waals surface area contributed by atoms with Gasteiger partial charge in [-0.15, -0.1) is 23.1 Å². The summed E-state index contributed by atoms with van der Waals surface area (Å²) in [7, 11) is 0. The molecule has 118 valence electrons. The van der Waals surface area contributed by atoms with Gasteiger partial charge in [-0.25, -0.2) is 0 Å². The number of nitrogens with zero attached hydrogens (tertiary/aromatic N) is 1. The Kier molecular flexibility index (Phi) is 3.57. The molecule has 2 atom stereocenters. The monoisotopic (exact) mass is 347 g/mol. The van der Waals surface area contributed by atoms with Crippen LogP contribution < -0.4 is 0 Å². The van der Waals surface area contributed by atoms with E-state index in [1.165, 1.54) is 33.0 Å². The quantitative estimate of drug-likeness (QED) is 0.505. The Hall–Kier alpha value is -1.84. The molecule has 2 unspecified atom stereocenters.